The molecule has 0 N–H and O–H groups in total. The van der Waals surface area contributed by atoms with Gasteiger partial charge in [0.25, 0.3) is 0 Å². The van der Waals surface area contributed by atoms with Crippen LogP contribution in [0.3, 0.4) is 0 Å². The molecule has 2 rings (SSSR count). The van der Waals surface area contributed by atoms with E-state index in [2.05, 4.69) is 15.9 Å². The highest BCUT2D eigenvalue weighted by molar-refractivity contribution is 9.10. The summed E-state index contributed by atoms with van der Waals surface area (Å²) in [6.45, 7) is 0. The summed E-state index contributed by atoms with van der Waals surface area (Å²) in [6.07, 6.45) is 0.835. The lowest BCUT2D eigenvalue weighted by molar-refractivity contribution is 0.111. The van der Waals surface area contributed by atoms with Crippen LogP contribution in [0.4, 0.5) is 0 Å². The summed E-state index contributed by atoms with van der Waals surface area (Å²) in [4.78, 5) is 10.7. The third-order valence-corrected chi connectivity index (χ3v) is 3.44. The molecule has 2 nitrogen and oxygen atoms in total. The highest BCUT2D eigenvalue weighted by Gasteiger charge is 2.07. The van der Waals surface area contributed by atoms with E-state index in [1.165, 1.54) is 0 Å². The quantitative estimate of drug-likeness (QED) is 0.729. The van der Waals surface area contributed by atoms with E-state index in [0.717, 1.165) is 21.7 Å². The summed E-state index contributed by atoms with van der Waals surface area (Å²) in [6, 6.07) is 5.57. The van der Waals surface area contributed by atoms with Gasteiger partial charge in [0.1, 0.15) is 0 Å². The van der Waals surface area contributed by atoms with Crippen molar-refractivity contribution < 1.29 is 4.79 Å². The number of aryl methyl sites for hydroxylation is 1. The standard InChI is InChI=1S/C10H7BrClNO/c1-13-7(5-14)2-6-3-9(12)8(11)4-10(6)13/h2-5H,1H3. The molecule has 0 aliphatic carbocycles. The first-order chi connectivity index (χ1) is 6.63. The van der Waals surface area contributed by atoms with Crippen LogP contribution in [0.1, 0.15) is 10.5 Å². The lowest BCUT2D eigenvalue weighted by atomic mass is 10.2. The SMILES string of the molecule is Cn1c(C=O)cc2cc(Cl)c(Br)cc21. The zero-order valence-corrected chi connectivity index (χ0v) is 9.76. The van der Waals surface area contributed by atoms with Crippen LogP contribution in [0.25, 0.3) is 10.9 Å². The number of halogens is 2. The van der Waals surface area contributed by atoms with E-state index in [4.69, 9.17) is 11.6 Å². The number of aldehydes is 1. The molecule has 14 heavy (non-hydrogen) atoms. The van der Waals surface area contributed by atoms with E-state index in [-0.39, 0.29) is 0 Å². The second-order valence-electron chi connectivity index (χ2n) is 3.07. The number of benzene rings is 1. The van der Waals surface area contributed by atoms with Crippen molar-refractivity contribution in [3.8, 4) is 0 Å². The Morgan fingerprint density at radius 2 is 2.14 bits per heavy atom. The second-order valence-corrected chi connectivity index (χ2v) is 4.33. The largest absolute Gasteiger partial charge is 0.341 e. The molecule has 0 unspecified atom stereocenters. The van der Waals surface area contributed by atoms with Crippen molar-refractivity contribution >= 4 is 44.7 Å². The van der Waals surface area contributed by atoms with Gasteiger partial charge in [0, 0.05) is 22.4 Å². The van der Waals surface area contributed by atoms with Crippen molar-refractivity contribution in [2.45, 2.75) is 0 Å². The van der Waals surface area contributed by atoms with Gasteiger partial charge in [0.2, 0.25) is 0 Å². The number of fused-ring (bicyclic) bond motifs is 1. The lowest BCUT2D eigenvalue weighted by Crippen LogP contribution is -1.92. The van der Waals surface area contributed by atoms with E-state index < -0.39 is 0 Å². The highest BCUT2D eigenvalue weighted by Crippen LogP contribution is 2.29. The molecule has 0 bridgehead atoms. The van der Waals surface area contributed by atoms with E-state index >= 15 is 0 Å². The van der Waals surface area contributed by atoms with Gasteiger partial charge in [-0.05, 0) is 34.1 Å². The van der Waals surface area contributed by atoms with Crippen LogP contribution in [-0.4, -0.2) is 10.9 Å². The second kappa shape index (κ2) is 3.41. The summed E-state index contributed by atoms with van der Waals surface area (Å²) in [7, 11) is 1.85. The topological polar surface area (TPSA) is 22.0 Å². The van der Waals surface area contributed by atoms with Gasteiger partial charge in [-0.15, -0.1) is 0 Å². The minimum Gasteiger partial charge on any atom is -0.341 e. The summed E-state index contributed by atoms with van der Waals surface area (Å²) in [5.74, 6) is 0. The van der Waals surface area contributed by atoms with Crippen LogP contribution < -0.4 is 0 Å². The van der Waals surface area contributed by atoms with Gasteiger partial charge in [-0.2, -0.15) is 0 Å². The molecule has 4 heteroatoms. The normalized spacial score (nSPS) is 10.8. The molecule has 0 saturated heterocycles. The van der Waals surface area contributed by atoms with Gasteiger partial charge < -0.3 is 4.57 Å². The maximum Gasteiger partial charge on any atom is 0.166 e. The van der Waals surface area contributed by atoms with Crippen molar-refractivity contribution in [2.24, 2.45) is 7.05 Å². The van der Waals surface area contributed by atoms with Crippen molar-refractivity contribution in [1.29, 1.82) is 0 Å². The van der Waals surface area contributed by atoms with E-state index in [1.54, 1.807) is 0 Å². The smallest absolute Gasteiger partial charge is 0.166 e. The molecule has 0 saturated carbocycles. The van der Waals surface area contributed by atoms with Crippen LogP contribution >= 0.6 is 27.5 Å². The van der Waals surface area contributed by atoms with E-state index in [1.807, 2.05) is 29.8 Å². The van der Waals surface area contributed by atoms with Crippen LogP contribution in [0, 0.1) is 0 Å². The van der Waals surface area contributed by atoms with Crippen LogP contribution in [0.5, 0.6) is 0 Å². The minimum atomic E-state index is 0.647. The number of aromatic nitrogens is 1. The number of hydrogen-bond donors (Lipinski definition) is 0. The number of hydrogen-bond acceptors (Lipinski definition) is 1. The predicted octanol–water partition coefficient (Wildman–Crippen LogP) is 3.41. The van der Waals surface area contributed by atoms with E-state index in [0.29, 0.717) is 10.7 Å². The Labute approximate surface area is 94.6 Å². The molecule has 1 aromatic carbocycles. The Morgan fingerprint density at radius 3 is 2.79 bits per heavy atom. The fourth-order valence-corrected chi connectivity index (χ4v) is 1.97. The zero-order chi connectivity index (χ0) is 10.3. The Balaban J connectivity index is 2.86. The van der Waals surface area contributed by atoms with Gasteiger partial charge in [-0.1, -0.05) is 11.6 Å². The fraction of sp³-hybridized carbons (Fsp3) is 0.100. The molecular weight excluding hydrogens is 265 g/mol. The summed E-state index contributed by atoms with van der Waals surface area (Å²) in [5, 5.41) is 1.63. The van der Waals surface area contributed by atoms with Crippen molar-refractivity contribution in [3.05, 3.63) is 33.4 Å². The van der Waals surface area contributed by atoms with Crippen LogP contribution in [-0.2, 0) is 7.05 Å². The van der Waals surface area contributed by atoms with Crippen LogP contribution in [0.2, 0.25) is 5.02 Å². The van der Waals surface area contributed by atoms with Gasteiger partial charge in [-0.25, -0.2) is 0 Å². The molecule has 0 spiro atoms. The average Bonchev–Trinajstić information content (AvgIpc) is 2.45. The Kier molecular flexibility index (Phi) is 2.37. The number of carbonyl (C=O) groups is 1. The third kappa shape index (κ3) is 1.37. The number of carbonyl (C=O) groups excluding carboxylic acids is 1. The fourth-order valence-electron chi connectivity index (χ4n) is 1.47. The molecule has 0 fully saturated rings. The molecule has 1 aromatic heterocycles. The first-order valence-electron chi connectivity index (χ1n) is 4.03. The number of nitrogens with zero attached hydrogens (tertiary/aromatic N) is 1. The Morgan fingerprint density at radius 1 is 1.43 bits per heavy atom. The average molecular weight is 273 g/mol. The third-order valence-electron chi connectivity index (χ3n) is 2.24. The maximum absolute atomic E-state index is 10.7. The molecule has 0 atom stereocenters. The molecule has 2 aromatic rings. The van der Waals surface area contributed by atoms with Gasteiger partial charge in [0.05, 0.1) is 10.7 Å². The first kappa shape index (κ1) is 9.74. The van der Waals surface area contributed by atoms with Crippen molar-refractivity contribution in [3.63, 3.8) is 0 Å². The highest BCUT2D eigenvalue weighted by atomic mass is 79.9. The van der Waals surface area contributed by atoms with Gasteiger partial charge >= 0.3 is 0 Å². The number of rotatable bonds is 1. The molecule has 0 amide bonds. The molecule has 0 radical (unpaired) electrons. The first-order valence-corrected chi connectivity index (χ1v) is 5.20. The summed E-state index contributed by atoms with van der Waals surface area (Å²) < 4.78 is 2.67. The molecule has 72 valence electrons. The summed E-state index contributed by atoms with van der Waals surface area (Å²) >= 11 is 9.30. The lowest BCUT2D eigenvalue weighted by Gasteiger charge is -1.99. The molecular formula is C10H7BrClNO. The minimum absolute atomic E-state index is 0.647. The van der Waals surface area contributed by atoms with Crippen LogP contribution in [0.15, 0.2) is 22.7 Å². The monoisotopic (exact) mass is 271 g/mol. The Hall–Kier alpha value is -0.800. The molecule has 1 heterocycles. The van der Waals surface area contributed by atoms with Crippen molar-refractivity contribution in [1.82, 2.24) is 4.57 Å². The zero-order valence-electron chi connectivity index (χ0n) is 7.42. The predicted molar refractivity (Wildman–Crippen MR) is 61.0 cm³/mol. The summed E-state index contributed by atoms with van der Waals surface area (Å²) in [5.41, 5.74) is 1.64. The van der Waals surface area contributed by atoms with E-state index in [9.17, 15) is 4.79 Å². The molecule has 0 aliphatic heterocycles. The van der Waals surface area contributed by atoms with Crippen molar-refractivity contribution in [2.75, 3.05) is 0 Å². The molecule has 0 aliphatic rings. The Bertz CT molecular complexity index is 518. The maximum atomic E-state index is 10.7. The van der Waals surface area contributed by atoms with Gasteiger partial charge in [0.15, 0.2) is 6.29 Å². The van der Waals surface area contributed by atoms with Gasteiger partial charge in [-0.3, -0.25) is 4.79 Å².